The summed E-state index contributed by atoms with van der Waals surface area (Å²) < 4.78 is 2.10. The van der Waals surface area contributed by atoms with Crippen LogP contribution in [-0.4, -0.2) is 77.0 Å². The summed E-state index contributed by atoms with van der Waals surface area (Å²) in [6.45, 7) is 7.06. The first-order valence-electron chi connectivity index (χ1n) is 11.8. The number of carbonyl (C=O) groups excluding carboxylic acids is 1. The molecule has 1 saturated heterocycles. The van der Waals surface area contributed by atoms with E-state index in [1.54, 1.807) is 0 Å². The summed E-state index contributed by atoms with van der Waals surface area (Å²) in [5.41, 5.74) is 4.04. The molecule has 7 heteroatoms. The Kier molecular flexibility index (Phi) is 6.32. The maximum absolute atomic E-state index is 13.2. The van der Waals surface area contributed by atoms with E-state index in [0.29, 0.717) is 24.4 Å². The molecule has 0 radical (unpaired) electrons. The van der Waals surface area contributed by atoms with Gasteiger partial charge in [-0.1, -0.05) is 36.4 Å². The predicted octanol–water partition coefficient (Wildman–Crippen LogP) is 3.06. The highest BCUT2D eigenvalue weighted by molar-refractivity contribution is 6.32. The number of fused-ring (bicyclic) bond motifs is 1. The molecule has 3 heterocycles. The monoisotopic (exact) mass is 457 g/mol. The van der Waals surface area contributed by atoms with Gasteiger partial charge in [-0.25, -0.2) is 0 Å². The Bertz CT molecular complexity index is 1240. The lowest BCUT2D eigenvalue weighted by Crippen LogP contribution is -2.47. The quantitative estimate of drug-likeness (QED) is 0.578. The maximum atomic E-state index is 13.2. The number of benzene rings is 2. The molecule has 1 unspecified atom stereocenters. The van der Waals surface area contributed by atoms with E-state index in [1.807, 2.05) is 61.7 Å². The van der Waals surface area contributed by atoms with E-state index >= 15 is 0 Å². The molecule has 2 aliphatic heterocycles. The second-order valence-corrected chi connectivity index (χ2v) is 9.21. The predicted molar refractivity (Wildman–Crippen MR) is 137 cm³/mol. The second-order valence-electron chi connectivity index (χ2n) is 9.21. The molecule has 176 valence electrons. The van der Waals surface area contributed by atoms with Crippen LogP contribution < -0.4 is 5.01 Å². The maximum Gasteiger partial charge on any atom is 0.280 e. The standard InChI is InChI=1S/C27H31N5O2/c1-20-25(27(34)32(28-20)22-8-4-3-5-9-22)16-21-17-31(26-11-7-6-10-24(21)26)19-23(33)18-30-14-12-29(2)13-15-30/h3-11,16-17,23,33H,12-15,18-19H2,1-2H3. The summed E-state index contributed by atoms with van der Waals surface area (Å²) >= 11 is 0. The van der Waals surface area contributed by atoms with Gasteiger partial charge in [0.1, 0.15) is 0 Å². The minimum atomic E-state index is -0.468. The van der Waals surface area contributed by atoms with Crippen molar-refractivity contribution in [3.05, 3.63) is 71.9 Å². The Balaban J connectivity index is 1.39. The summed E-state index contributed by atoms with van der Waals surface area (Å²) in [6.07, 6.45) is 3.50. The molecule has 5 rings (SSSR count). The third kappa shape index (κ3) is 4.55. The number of hydrazone groups is 1. The zero-order valence-corrected chi connectivity index (χ0v) is 19.8. The van der Waals surface area contributed by atoms with E-state index in [-0.39, 0.29) is 5.91 Å². The number of aliphatic hydroxyl groups excluding tert-OH is 1. The number of rotatable bonds is 6. The normalized spacial score (nSPS) is 19.9. The SMILES string of the molecule is CC1=NN(c2ccccc2)C(=O)C1=Cc1cn(CC(O)CN2CCN(C)CC2)c2ccccc12. The van der Waals surface area contributed by atoms with Gasteiger partial charge < -0.3 is 14.6 Å². The van der Waals surface area contributed by atoms with Gasteiger partial charge in [-0.05, 0) is 38.2 Å². The summed E-state index contributed by atoms with van der Waals surface area (Å²) in [7, 11) is 2.14. The van der Waals surface area contributed by atoms with Crippen molar-refractivity contribution >= 4 is 34.3 Å². The van der Waals surface area contributed by atoms with Gasteiger partial charge in [0.15, 0.2) is 0 Å². The van der Waals surface area contributed by atoms with Gasteiger partial charge in [0.2, 0.25) is 0 Å². The van der Waals surface area contributed by atoms with Crippen molar-refractivity contribution in [1.29, 1.82) is 0 Å². The fourth-order valence-corrected chi connectivity index (χ4v) is 4.74. The lowest BCUT2D eigenvalue weighted by atomic mass is 10.1. The van der Waals surface area contributed by atoms with E-state index < -0.39 is 6.10 Å². The summed E-state index contributed by atoms with van der Waals surface area (Å²) in [5, 5.41) is 17.9. The van der Waals surface area contributed by atoms with E-state index in [1.165, 1.54) is 5.01 Å². The molecule has 1 amide bonds. The van der Waals surface area contributed by atoms with Crippen LogP contribution in [0, 0.1) is 0 Å². The number of aliphatic hydroxyl groups is 1. The fraction of sp³-hybridized carbons (Fsp3) is 0.333. The average Bonchev–Trinajstić information content (AvgIpc) is 3.33. The van der Waals surface area contributed by atoms with Crippen molar-refractivity contribution in [3.8, 4) is 0 Å². The molecule has 0 aliphatic carbocycles. The Labute approximate surface area is 200 Å². The minimum Gasteiger partial charge on any atom is -0.390 e. The number of anilines is 1. The van der Waals surface area contributed by atoms with E-state index in [2.05, 4.69) is 38.6 Å². The highest BCUT2D eigenvalue weighted by atomic mass is 16.3. The Hall–Kier alpha value is -3.26. The number of aromatic nitrogens is 1. The van der Waals surface area contributed by atoms with Crippen LogP contribution in [0.1, 0.15) is 12.5 Å². The molecule has 1 fully saturated rings. The molecule has 0 spiro atoms. The van der Waals surface area contributed by atoms with Crippen molar-refractivity contribution < 1.29 is 9.90 Å². The summed E-state index contributed by atoms with van der Waals surface area (Å²) in [5.74, 6) is -0.129. The third-order valence-electron chi connectivity index (χ3n) is 6.65. The second kappa shape index (κ2) is 9.54. The molecule has 34 heavy (non-hydrogen) atoms. The smallest absolute Gasteiger partial charge is 0.280 e. The van der Waals surface area contributed by atoms with Gasteiger partial charge >= 0.3 is 0 Å². The molecule has 1 N–H and O–H groups in total. The highest BCUT2D eigenvalue weighted by Crippen LogP contribution is 2.28. The number of para-hydroxylation sites is 2. The first-order valence-corrected chi connectivity index (χ1v) is 11.8. The molecular weight excluding hydrogens is 426 g/mol. The number of piperazine rings is 1. The number of β-amino-alcohol motifs (C(OH)–C–C–N with tert-alkyl or cyclic N) is 1. The van der Waals surface area contributed by atoms with Crippen LogP contribution in [-0.2, 0) is 11.3 Å². The van der Waals surface area contributed by atoms with Crippen LogP contribution in [0.4, 0.5) is 5.69 Å². The van der Waals surface area contributed by atoms with Crippen LogP contribution in [0.2, 0.25) is 0 Å². The van der Waals surface area contributed by atoms with E-state index in [4.69, 9.17) is 0 Å². The zero-order valence-electron chi connectivity index (χ0n) is 19.8. The van der Waals surface area contributed by atoms with Crippen LogP contribution in [0.3, 0.4) is 0 Å². The molecule has 7 nitrogen and oxygen atoms in total. The molecule has 1 atom stereocenters. The van der Waals surface area contributed by atoms with Gasteiger partial charge in [0, 0.05) is 61.9 Å². The van der Waals surface area contributed by atoms with E-state index in [9.17, 15) is 9.90 Å². The number of amides is 1. The minimum absolute atomic E-state index is 0.129. The van der Waals surface area contributed by atoms with Crippen LogP contribution in [0.25, 0.3) is 17.0 Å². The van der Waals surface area contributed by atoms with Crippen molar-refractivity contribution in [1.82, 2.24) is 14.4 Å². The summed E-state index contributed by atoms with van der Waals surface area (Å²) in [6, 6.07) is 17.6. The Morgan fingerprint density at radius 2 is 1.71 bits per heavy atom. The number of nitrogens with zero attached hydrogens (tertiary/aromatic N) is 5. The van der Waals surface area contributed by atoms with Gasteiger partial charge in [0.25, 0.3) is 5.91 Å². The van der Waals surface area contributed by atoms with E-state index in [0.717, 1.165) is 48.3 Å². The Morgan fingerprint density at radius 3 is 2.47 bits per heavy atom. The van der Waals surface area contributed by atoms with Crippen molar-refractivity contribution in [2.24, 2.45) is 5.10 Å². The number of carbonyl (C=O) groups is 1. The Morgan fingerprint density at radius 1 is 1.00 bits per heavy atom. The zero-order chi connectivity index (χ0) is 23.7. The van der Waals surface area contributed by atoms with Crippen LogP contribution >= 0.6 is 0 Å². The first-order chi connectivity index (χ1) is 16.5. The third-order valence-corrected chi connectivity index (χ3v) is 6.65. The fourth-order valence-electron chi connectivity index (χ4n) is 4.74. The molecule has 0 bridgehead atoms. The number of likely N-dealkylation sites (N-methyl/N-ethyl adjacent to an activating group) is 1. The average molecular weight is 458 g/mol. The molecule has 1 aromatic heterocycles. The molecular formula is C27H31N5O2. The molecule has 3 aromatic rings. The molecule has 2 aromatic carbocycles. The van der Waals surface area contributed by atoms with Crippen LogP contribution in [0.15, 0.2) is 71.5 Å². The topological polar surface area (TPSA) is 64.3 Å². The number of hydrogen-bond acceptors (Lipinski definition) is 5. The lowest BCUT2D eigenvalue weighted by Gasteiger charge is -2.33. The largest absolute Gasteiger partial charge is 0.390 e. The number of hydrogen-bond donors (Lipinski definition) is 1. The lowest BCUT2D eigenvalue weighted by molar-refractivity contribution is -0.114. The van der Waals surface area contributed by atoms with Gasteiger partial charge in [-0.2, -0.15) is 10.1 Å². The molecule has 0 saturated carbocycles. The van der Waals surface area contributed by atoms with Crippen molar-refractivity contribution in [2.75, 3.05) is 44.8 Å². The highest BCUT2D eigenvalue weighted by Gasteiger charge is 2.29. The summed E-state index contributed by atoms with van der Waals surface area (Å²) in [4.78, 5) is 17.8. The van der Waals surface area contributed by atoms with Gasteiger partial charge in [0.05, 0.1) is 23.1 Å². The van der Waals surface area contributed by atoms with Crippen molar-refractivity contribution in [2.45, 2.75) is 19.6 Å². The van der Waals surface area contributed by atoms with Gasteiger partial charge in [-0.3, -0.25) is 9.69 Å². The first kappa shape index (κ1) is 22.5. The van der Waals surface area contributed by atoms with Gasteiger partial charge in [-0.15, -0.1) is 0 Å². The molecule has 2 aliphatic rings. The van der Waals surface area contributed by atoms with Crippen molar-refractivity contribution in [3.63, 3.8) is 0 Å². The van der Waals surface area contributed by atoms with Crippen LogP contribution in [0.5, 0.6) is 0 Å².